The van der Waals surface area contributed by atoms with Crippen LogP contribution in [0, 0.1) is 0 Å². The second kappa shape index (κ2) is 6.85. The summed E-state index contributed by atoms with van der Waals surface area (Å²) in [4.78, 5) is 12.1. The van der Waals surface area contributed by atoms with Crippen molar-refractivity contribution >= 4 is 28.5 Å². The van der Waals surface area contributed by atoms with Gasteiger partial charge < -0.3 is 9.15 Å². The van der Waals surface area contributed by atoms with Gasteiger partial charge in [0, 0.05) is 27.9 Å². The Hall–Kier alpha value is -2.31. The van der Waals surface area contributed by atoms with Crippen LogP contribution in [0.4, 0.5) is 0 Å². The molecule has 0 atom stereocenters. The molecule has 0 aliphatic heterocycles. The Kier molecular flexibility index (Phi) is 4.64. The van der Waals surface area contributed by atoms with E-state index in [2.05, 4.69) is 10.2 Å². The number of nitrogens with zero attached hydrogens (tertiary/aromatic N) is 2. The topological polar surface area (TPSA) is 65.2 Å². The second-order valence-electron chi connectivity index (χ2n) is 4.50. The molecule has 5 nitrogen and oxygen atoms in total. The predicted molar refractivity (Wildman–Crippen MR) is 87.9 cm³/mol. The first-order valence-corrected chi connectivity index (χ1v) is 7.81. The molecule has 0 saturated heterocycles. The Morgan fingerprint density at radius 1 is 1.17 bits per heavy atom. The van der Waals surface area contributed by atoms with Gasteiger partial charge in [-0.3, -0.25) is 4.79 Å². The van der Waals surface area contributed by atoms with Crippen molar-refractivity contribution in [1.29, 1.82) is 0 Å². The highest BCUT2D eigenvalue weighted by molar-refractivity contribution is 8.14. The molecular weight excluding hydrogens is 336 g/mol. The molecule has 7 heteroatoms. The summed E-state index contributed by atoms with van der Waals surface area (Å²) in [6, 6.07) is 13.9. The van der Waals surface area contributed by atoms with Crippen LogP contribution in [-0.2, 0) is 0 Å². The highest BCUT2D eigenvalue weighted by Crippen LogP contribution is 2.27. The summed E-state index contributed by atoms with van der Waals surface area (Å²) in [7, 11) is 1.58. The van der Waals surface area contributed by atoms with Crippen LogP contribution in [0.15, 0.2) is 58.2 Å². The summed E-state index contributed by atoms with van der Waals surface area (Å²) in [5.41, 5.74) is 1.24. The molecule has 0 aliphatic rings. The molecule has 0 bridgehead atoms. The fraction of sp³-hybridized carbons (Fsp3) is 0.0625. The van der Waals surface area contributed by atoms with E-state index < -0.39 is 0 Å². The fourth-order valence-corrected chi connectivity index (χ4v) is 2.59. The molecule has 0 radical (unpaired) electrons. The first kappa shape index (κ1) is 15.6. The third-order valence-electron chi connectivity index (χ3n) is 2.98. The first-order chi connectivity index (χ1) is 11.2. The van der Waals surface area contributed by atoms with E-state index in [0.29, 0.717) is 22.2 Å². The summed E-state index contributed by atoms with van der Waals surface area (Å²) < 4.78 is 10.7. The van der Waals surface area contributed by atoms with Crippen molar-refractivity contribution in [3.05, 3.63) is 59.1 Å². The molecule has 0 amide bonds. The minimum absolute atomic E-state index is 0.183. The number of halogens is 1. The largest absolute Gasteiger partial charge is 0.497 e. The molecule has 23 heavy (non-hydrogen) atoms. The average molecular weight is 347 g/mol. The van der Waals surface area contributed by atoms with Crippen LogP contribution in [0.1, 0.15) is 10.4 Å². The van der Waals surface area contributed by atoms with Gasteiger partial charge in [-0.2, -0.15) is 0 Å². The van der Waals surface area contributed by atoms with Crippen LogP contribution < -0.4 is 4.74 Å². The zero-order valence-corrected chi connectivity index (χ0v) is 13.6. The average Bonchev–Trinajstić information content (AvgIpc) is 3.04. The molecule has 0 spiro atoms. The fourth-order valence-electron chi connectivity index (χ4n) is 1.85. The molecule has 116 valence electrons. The lowest BCUT2D eigenvalue weighted by Crippen LogP contribution is -1.92. The maximum atomic E-state index is 12.1. The van der Waals surface area contributed by atoms with Gasteiger partial charge in [-0.25, -0.2) is 0 Å². The Morgan fingerprint density at radius 3 is 2.70 bits per heavy atom. The van der Waals surface area contributed by atoms with Gasteiger partial charge in [-0.05, 0) is 42.5 Å². The molecule has 3 rings (SSSR count). The highest BCUT2D eigenvalue weighted by atomic mass is 35.5. The van der Waals surface area contributed by atoms with E-state index in [-0.39, 0.29) is 10.3 Å². The van der Waals surface area contributed by atoms with E-state index in [1.807, 2.05) is 18.2 Å². The monoisotopic (exact) mass is 346 g/mol. The molecular formula is C16H11ClN2O3S. The number of hydrogen-bond donors (Lipinski definition) is 0. The molecule has 1 heterocycles. The Bertz CT molecular complexity index is 833. The minimum Gasteiger partial charge on any atom is -0.497 e. The maximum Gasteiger partial charge on any atom is 0.284 e. The molecule has 0 saturated carbocycles. The quantitative estimate of drug-likeness (QED) is 0.655. The number of hydrogen-bond acceptors (Lipinski definition) is 6. The summed E-state index contributed by atoms with van der Waals surface area (Å²) >= 11 is 6.68. The summed E-state index contributed by atoms with van der Waals surface area (Å²) in [5, 5.41) is 8.41. The van der Waals surface area contributed by atoms with Crippen LogP contribution in [0.3, 0.4) is 0 Å². The predicted octanol–water partition coefficient (Wildman–Crippen LogP) is 4.33. The van der Waals surface area contributed by atoms with Crippen molar-refractivity contribution in [1.82, 2.24) is 10.2 Å². The van der Waals surface area contributed by atoms with Gasteiger partial charge in [0.15, 0.2) is 0 Å². The van der Waals surface area contributed by atoms with Crippen molar-refractivity contribution in [2.45, 2.75) is 5.22 Å². The smallest absolute Gasteiger partial charge is 0.284 e. The summed E-state index contributed by atoms with van der Waals surface area (Å²) in [6.07, 6.45) is 0. The summed E-state index contributed by atoms with van der Waals surface area (Å²) in [6.45, 7) is 0. The van der Waals surface area contributed by atoms with Gasteiger partial charge in [0.1, 0.15) is 5.75 Å². The number of methoxy groups -OCH3 is 1. The number of ether oxygens (including phenoxy) is 1. The summed E-state index contributed by atoms with van der Waals surface area (Å²) in [5.74, 6) is 1.02. The van der Waals surface area contributed by atoms with E-state index in [9.17, 15) is 4.79 Å². The van der Waals surface area contributed by atoms with Crippen molar-refractivity contribution < 1.29 is 13.9 Å². The molecule has 2 aromatic carbocycles. The van der Waals surface area contributed by atoms with Gasteiger partial charge in [0.25, 0.3) is 5.22 Å². The van der Waals surface area contributed by atoms with Crippen LogP contribution in [0.2, 0.25) is 5.02 Å². The third kappa shape index (κ3) is 3.72. The lowest BCUT2D eigenvalue weighted by atomic mass is 10.2. The van der Waals surface area contributed by atoms with Gasteiger partial charge in [0.2, 0.25) is 11.0 Å². The van der Waals surface area contributed by atoms with E-state index in [4.69, 9.17) is 20.8 Å². The van der Waals surface area contributed by atoms with E-state index in [0.717, 1.165) is 17.3 Å². The van der Waals surface area contributed by atoms with Crippen molar-refractivity contribution in [2.75, 3.05) is 7.11 Å². The Balaban J connectivity index is 1.76. The van der Waals surface area contributed by atoms with Gasteiger partial charge in [-0.1, -0.05) is 17.7 Å². The third-order valence-corrected chi connectivity index (χ3v) is 4.00. The lowest BCUT2D eigenvalue weighted by Gasteiger charge is -2.00. The maximum absolute atomic E-state index is 12.1. The van der Waals surface area contributed by atoms with Gasteiger partial charge in [-0.15, -0.1) is 10.2 Å². The molecule has 3 aromatic rings. The highest BCUT2D eigenvalue weighted by Gasteiger charge is 2.15. The molecule has 0 N–H and O–H groups in total. The number of rotatable bonds is 4. The lowest BCUT2D eigenvalue weighted by molar-refractivity contribution is 0.108. The Labute approximate surface area is 141 Å². The molecule has 1 aromatic heterocycles. The molecule has 0 unspecified atom stereocenters. The van der Waals surface area contributed by atoms with Crippen LogP contribution in [-0.4, -0.2) is 22.4 Å². The van der Waals surface area contributed by atoms with Gasteiger partial charge in [0.05, 0.1) is 7.11 Å². The zero-order chi connectivity index (χ0) is 16.2. The molecule has 0 fully saturated rings. The number of carbonyl (C=O) groups is 1. The van der Waals surface area contributed by atoms with E-state index >= 15 is 0 Å². The van der Waals surface area contributed by atoms with Crippen LogP contribution in [0.5, 0.6) is 5.75 Å². The van der Waals surface area contributed by atoms with Crippen LogP contribution >= 0.6 is 23.4 Å². The minimum atomic E-state index is -0.192. The van der Waals surface area contributed by atoms with Crippen molar-refractivity contribution in [3.8, 4) is 17.2 Å². The molecule has 0 aliphatic carbocycles. The van der Waals surface area contributed by atoms with Gasteiger partial charge >= 0.3 is 0 Å². The van der Waals surface area contributed by atoms with Crippen molar-refractivity contribution in [2.24, 2.45) is 0 Å². The SMILES string of the molecule is COc1cccc(-c2nnc(SC(=O)c3ccc(Cl)cc3)o2)c1. The number of benzene rings is 2. The number of aromatic nitrogens is 2. The number of carbonyl (C=O) groups excluding carboxylic acids is 1. The first-order valence-electron chi connectivity index (χ1n) is 6.61. The second-order valence-corrected chi connectivity index (χ2v) is 5.86. The van der Waals surface area contributed by atoms with Crippen LogP contribution in [0.25, 0.3) is 11.5 Å². The normalized spacial score (nSPS) is 10.5. The van der Waals surface area contributed by atoms with E-state index in [1.165, 1.54) is 0 Å². The Morgan fingerprint density at radius 2 is 1.96 bits per heavy atom. The zero-order valence-electron chi connectivity index (χ0n) is 12.0. The van der Waals surface area contributed by atoms with E-state index in [1.54, 1.807) is 37.4 Å². The standard InChI is InChI=1S/C16H11ClN2O3S/c1-21-13-4-2-3-11(9-13)14-18-19-16(22-14)23-15(20)10-5-7-12(17)8-6-10/h2-9H,1H3. The number of thioether (sulfide) groups is 1. The van der Waals surface area contributed by atoms with Crippen molar-refractivity contribution in [3.63, 3.8) is 0 Å².